The number of nitrogens with zero attached hydrogens (tertiary/aromatic N) is 2. The number of hydrogen-bond donors (Lipinski definition) is 0. The van der Waals surface area contributed by atoms with Crippen LogP contribution in [-0.2, 0) is 0 Å². The summed E-state index contributed by atoms with van der Waals surface area (Å²) < 4.78 is 5.11. The molecule has 92 valence electrons. The average molecular weight is 240 g/mol. The smallest absolute Gasteiger partial charge is 0.118 e. The maximum Gasteiger partial charge on any atom is 0.118 e. The number of para-hydroxylation sites is 1. The van der Waals surface area contributed by atoms with Crippen molar-refractivity contribution < 1.29 is 4.74 Å². The Morgan fingerprint density at radius 1 is 1.00 bits per heavy atom. The summed E-state index contributed by atoms with van der Waals surface area (Å²) in [5.74, 6) is 0.851. The van der Waals surface area contributed by atoms with Gasteiger partial charge in [-0.3, -0.25) is 5.01 Å². The van der Waals surface area contributed by atoms with Crippen LogP contribution < -0.4 is 9.75 Å². The highest BCUT2D eigenvalue weighted by atomic mass is 16.5. The Balaban J connectivity index is 2.06. The van der Waals surface area contributed by atoms with Crippen molar-refractivity contribution in [3.63, 3.8) is 0 Å². The molecule has 0 aliphatic heterocycles. The van der Waals surface area contributed by atoms with E-state index in [2.05, 4.69) is 5.10 Å². The normalized spacial score (nSPS) is 10.6. The molecule has 0 aromatic heterocycles. The Morgan fingerprint density at radius 2 is 1.67 bits per heavy atom. The van der Waals surface area contributed by atoms with E-state index in [1.807, 2.05) is 72.9 Å². The standard InChI is InChI=1S/C15H16N2O/c1-17(14-6-4-3-5-7-14)16-12-13-8-10-15(18-2)11-9-13/h3-12H,1-2H3. The fraction of sp³-hybridized carbons (Fsp3) is 0.133. The zero-order chi connectivity index (χ0) is 12.8. The maximum absolute atomic E-state index is 5.11. The van der Waals surface area contributed by atoms with Crippen molar-refractivity contribution in [2.24, 2.45) is 5.10 Å². The molecule has 0 heterocycles. The van der Waals surface area contributed by atoms with Gasteiger partial charge in [0.25, 0.3) is 0 Å². The highest BCUT2D eigenvalue weighted by Crippen LogP contribution is 2.12. The van der Waals surface area contributed by atoms with Crippen molar-refractivity contribution in [1.82, 2.24) is 0 Å². The molecule has 0 spiro atoms. The SMILES string of the molecule is COc1ccc(C=NN(C)c2ccccc2)cc1. The van der Waals surface area contributed by atoms with E-state index < -0.39 is 0 Å². The Kier molecular flexibility index (Phi) is 3.97. The van der Waals surface area contributed by atoms with Crippen LogP contribution in [0.1, 0.15) is 5.56 Å². The summed E-state index contributed by atoms with van der Waals surface area (Å²) in [5.41, 5.74) is 2.10. The third-order valence-electron chi connectivity index (χ3n) is 2.63. The van der Waals surface area contributed by atoms with E-state index in [1.165, 1.54) is 0 Å². The molecule has 0 saturated heterocycles. The summed E-state index contributed by atoms with van der Waals surface area (Å²) in [6.07, 6.45) is 1.83. The van der Waals surface area contributed by atoms with Gasteiger partial charge in [-0.1, -0.05) is 18.2 Å². The zero-order valence-electron chi connectivity index (χ0n) is 10.6. The van der Waals surface area contributed by atoms with Gasteiger partial charge in [-0.2, -0.15) is 5.10 Å². The minimum atomic E-state index is 0.851. The highest BCUT2D eigenvalue weighted by molar-refractivity contribution is 5.80. The van der Waals surface area contributed by atoms with Crippen LogP contribution in [0.2, 0.25) is 0 Å². The van der Waals surface area contributed by atoms with Crippen LogP contribution in [0.4, 0.5) is 5.69 Å². The summed E-state index contributed by atoms with van der Waals surface area (Å²) in [6, 6.07) is 17.8. The van der Waals surface area contributed by atoms with Crippen molar-refractivity contribution in [3.05, 3.63) is 60.2 Å². The monoisotopic (exact) mass is 240 g/mol. The molecular formula is C15H16N2O. The van der Waals surface area contributed by atoms with Gasteiger partial charge in [-0.05, 0) is 42.0 Å². The van der Waals surface area contributed by atoms with Crippen molar-refractivity contribution in [1.29, 1.82) is 0 Å². The summed E-state index contributed by atoms with van der Waals surface area (Å²) in [4.78, 5) is 0. The van der Waals surface area contributed by atoms with Crippen LogP contribution >= 0.6 is 0 Å². The van der Waals surface area contributed by atoms with Gasteiger partial charge in [-0.25, -0.2) is 0 Å². The molecular weight excluding hydrogens is 224 g/mol. The summed E-state index contributed by atoms with van der Waals surface area (Å²) >= 11 is 0. The van der Waals surface area contributed by atoms with E-state index in [0.29, 0.717) is 0 Å². The van der Waals surface area contributed by atoms with Crippen molar-refractivity contribution in [3.8, 4) is 5.75 Å². The molecule has 2 aromatic rings. The van der Waals surface area contributed by atoms with E-state index in [4.69, 9.17) is 4.74 Å². The lowest BCUT2D eigenvalue weighted by molar-refractivity contribution is 0.415. The largest absolute Gasteiger partial charge is 0.497 e. The van der Waals surface area contributed by atoms with Crippen LogP contribution in [0.15, 0.2) is 59.7 Å². The molecule has 3 heteroatoms. The number of benzene rings is 2. The summed E-state index contributed by atoms with van der Waals surface area (Å²) in [7, 11) is 3.58. The second kappa shape index (κ2) is 5.87. The first kappa shape index (κ1) is 12.2. The lowest BCUT2D eigenvalue weighted by atomic mass is 10.2. The van der Waals surface area contributed by atoms with Gasteiger partial charge in [0.2, 0.25) is 0 Å². The molecule has 0 aliphatic rings. The van der Waals surface area contributed by atoms with Gasteiger partial charge in [0.15, 0.2) is 0 Å². The van der Waals surface area contributed by atoms with Crippen LogP contribution in [0.3, 0.4) is 0 Å². The molecule has 0 saturated carbocycles. The first-order valence-corrected chi connectivity index (χ1v) is 5.76. The van der Waals surface area contributed by atoms with Crippen molar-refractivity contribution in [2.75, 3.05) is 19.2 Å². The molecule has 0 N–H and O–H groups in total. The molecule has 0 aliphatic carbocycles. The fourth-order valence-electron chi connectivity index (χ4n) is 1.55. The lowest BCUT2D eigenvalue weighted by Gasteiger charge is -2.12. The molecule has 3 nitrogen and oxygen atoms in total. The Hall–Kier alpha value is -2.29. The van der Waals surface area contributed by atoms with E-state index >= 15 is 0 Å². The van der Waals surface area contributed by atoms with Crippen LogP contribution in [0.25, 0.3) is 0 Å². The lowest BCUT2D eigenvalue weighted by Crippen LogP contribution is -2.08. The Labute approximate surface area is 107 Å². The van der Waals surface area contributed by atoms with Crippen LogP contribution in [-0.4, -0.2) is 20.4 Å². The average Bonchev–Trinajstić information content (AvgIpc) is 2.46. The van der Waals surface area contributed by atoms with Gasteiger partial charge >= 0.3 is 0 Å². The molecule has 0 bridgehead atoms. The fourth-order valence-corrected chi connectivity index (χ4v) is 1.55. The van der Waals surface area contributed by atoms with Crippen LogP contribution in [0, 0.1) is 0 Å². The second-order valence-electron chi connectivity index (χ2n) is 3.88. The minimum Gasteiger partial charge on any atom is -0.497 e. The maximum atomic E-state index is 5.11. The third kappa shape index (κ3) is 3.10. The predicted octanol–water partition coefficient (Wildman–Crippen LogP) is 3.17. The molecule has 0 fully saturated rings. The number of ether oxygens (including phenoxy) is 1. The van der Waals surface area contributed by atoms with Gasteiger partial charge in [0, 0.05) is 7.05 Å². The third-order valence-corrected chi connectivity index (χ3v) is 2.63. The molecule has 18 heavy (non-hydrogen) atoms. The minimum absolute atomic E-state index is 0.851. The molecule has 2 rings (SSSR count). The molecule has 0 unspecified atom stereocenters. The Bertz CT molecular complexity index is 506. The number of hydrazone groups is 1. The first-order valence-electron chi connectivity index (χ1n) is 5.76. The van der Waals surface area contributed by atoms with Gasteiger partial charge in [0.1, 0.15) is 5.75 Å². The van der Waals surface area contributed by atoms with Crippen LogP contribution in [0.5, 0.6) is 5.75 Å². The number of rotatable bonds is 4. The van der Waals surface area contributed by atoms with E-state index in [1.54, 1.807) is 7.11 Å². The van der Waals surface area contributed by atoms with Gasteiger partial charge in [0.05, 0.1) is 19.0 Å². The predicted molar refractivity (Wildman–Crippen MR) is 75.4 cm³/mol. The number of hydrogen-bond acceptors (Lipinski definition) is 3. The topological polar surface area (TPSA) is 24.8 Å². The van der Waals surface area contributed by atoms with E-state index in [9.17, 15) is 0 Å². The zero-order valence-corrected chi connectivity index (χ0v) is 10.6. The summed E-state index contributed by atoms with van der Waals surface area (Å²) in [5, 5.41) is 6.23. The molecule has 0 amide bonds. The quantitative estimate of drug-likeness (QED) is 0.605. The van der Waals surface area contributed by atoms with Gasteiger partial charge < -0.3 is 4.74 Å². The molecule has 0 radical (unpaired) electrons. The highest BCUT2D eigenvalue weighted by Gasteiger charge is 1.95. The second-order valence-corrected chi connectivity index (χ2v) is 3.88. The first-order chi connectivity index (χ1) is 8.79. The summed E-state index contributed by atoms with van der Waals surface area (Å²) in [6.45, 7) is 0. The number of methoxy groups -OCH3 is 1. The van der Waals surface area contributed by atoms with Crippen molar-refractivity contribution >= 4 is 11.9 Å². The molecule has 0 atom stereocenters. The van der Waals surface area contributed by atoms with Gasteiger partial charge in [-0.15, -0.1) is 0 Å². The van der Waals surface area contributed by atoms with E-state index in [0.717, 1.165) is 17.0 Å². The number of anilines is 1. The Morgan fingerprint density at radius 3 is 2.28 bits per heavy atom. The van der Waals surface area contributed by atoms with Crippen molar-refractivity contribution in [2.45, 2.75) is 0 Å². The molecule has 2 aromatic carbocycles. The van der Waals surface area contributed by atoms with E-state index in [-0.39, 0.29) is 0 Å².